The third-order valence-electron chi connectivity index (χ3n) is 3.13. The van der Waals surface area contributed by atoms with Crippen molar-refractivity contribution in [3.05, 3.63) is 22.8 Å². The van der Waals surface area contributed by atoms with Gasteiger partial charge in [-0.2, -0.15) is 11.8 Å². The molecule has 7 heteroatoms. The smallest absolute Gasteiger partial charge is 0.271 e. The van der Waals surface area contributed by atoms with Crippen molar-refractivity contribution in [2.75, 3.05) is 50.0 Å². The van der Waals surface area contributed by atoms with E-state index in [2.05, 4.69) is 20.5 Å². The molecule has 2 N–H and O–H groups in total. The summed E-state index contributed by atoms with van der Waals surface area (Å²) in [6.07, 6.45) is 0. The Morgan fingerprint density at radius 2 is 2.20 bits per heavy atom. The normalized spacial score (nSPS) is 15.9. The first kappa shape index (κ1) is 15.4. The Bertz CT molecular complexity index is 466. The highest BCUT2D eigenvalue weighted by Gasteiger charge is 2.14. The number of amides is 1. The van der Waals surface area contributed by atoms with Crippen LogP contribution >= 0.6 is 23.4 Å². The molecule has 0 aromatic carbocycles. The second-order valence-corrected chi connectivity index (χ2v) is 6.12. The molecular formula is C13H19ClN4OS. The summed E-state index contributed by atoms with van der Waals surface area (Å²) in [5.41, 5.74) is 0.271. The molecule has 0 bridgehead atoms. The van der Waals surface area contributed by atoms with Crippen molar-refractivity contribution in [3.8, 4) is 0 Å². The lowest BCUT2D eigenvalue weighted by Gasteiger charge is -2.25. The average Bonchev–Trinajstić information content (AvgIpc) is 2.48. The number of carbonyl (C=O) groups is 1. The van der Waals surface area contributed by atoms with Gasteiger partial charge in [-0.3, -0.25) is 9.69 Å². The van der Waals surface area contributed by atoms with Crippen molar-refractivity contribution >= 4 is 35.1 Å². The van der Waals surface area contributed by atoms with Gasteiger partial charge in [0.25, 0.3) is 5.91 Å². The summed E-state index contributed by atoms with van der Waals surface area (Å²) in [5, 5.41) is 6.14. The van der Waals surface area contributed by atoms with Crippen LogP contribution in [0.4, 0.5) is 5.82 Å². The second kappa shape index (κ2) is 7.71. The molecule has 0 spiro atoms. The van der Waals surface area contributed by atoms with E-state index in [9.17, 15) is 4.79 Å². The van der Waals surface area contributed by atoms with E-state index in [1.54, 1.807) is 19.2 Å². The lowest BCUT2D eigenvalue weighted by molar-refractivity contribution is 0.0944. The zero-order valence-corrected chi connectivity index (χ0v) is 13.1. The van der Waals surface area contributed by atoms with Gasteiger partial charge in [-0.05, 0) is 12.1 Å². The van der Waals surface area contributed by atoms with E-state index in [1.165, 1.54) is 11.5 Å². The summed E-state index contributed by atoms with van der Waals surface area (Å²) in [6.45, 7) is 3.67. The molecule has 1 aromatic heterocycles. The topological polar surface area (TPSA) is 57.3 Å². The molecule has 1 fully saturated rings. The highest BCUT2D eigenvalue weighted by Crippen LogP contribution is 2.16. The molecule has 1 amide bonds. The Balaban J connectivity index is 1.84. The van der Waals surface area contributed by atoms with E-state index < -0.39 is 0 Å². The summed E-state index contributed by atoms with van der Waals surface area (Å²) in [6, 6.07) is 3.42. The standard InChI is InChI=1S/C13H19ClN4OS/c1-15-11-3-2-10(14)12(17-11)13(19)16-4-5-18-6-8-20-9-7-18/h2-3H,4-9H2,1H3,(H,15,17)(H,16,19). The average molecular weight is 315 g/mol. The van der Waals surface area contributed by atoms with E-state index in [4.69, 9.17) is 11.6 Å². The van der Waals surface area contributed by atoms with Gasteiger partial charge in [0.15, 0.2) is 0 Å². The van der Waals surface area contributed by atoms with Crippen LogP contribution in [0, 0.1) is 0 Å². The van der Waals surface area contributed by atoms with Gasteiger partial charge in [0.05, 0.1) is 5.02 Å². The van der Waals surface area contributed by atoms with E-state index in [0.29, 0.717) is 17.4 Å². The first-order valence-electron chi connectivity index (χ1n) is 6.63. The summed E-state index contributed by atoms with van der Waals surface area (Å²) >= 11 is 7.99. The monoisotopic (exact) mass is 314 g/mol. The number of nitrogens with one attached hydrogen (secondary N) is 2. The molecule has 5 nitrogen and oxygen atoms in total. The molecule has 2 rings (SSSR count). The van der Waals surface area contributed by atoms with Gasteiger partial charge in [-0.15, -0.1) is 0 Å². The number of carbonyl (C=O) groups excluding carboxylic acids is 1. The molecule has 0 aliphatic carbocycles. The third-order valence-corrected chi connectivity index (χ3v) is 4.38. The number of rotatable bonds is 5. The van der Waals surface area contributed by atoms with E-state index >= 15 is 0 Å². The van der Waals surface area contributed by atoms with Gasteiger partial charge in [-0.25, -0.2) is 4.98 Å². The Kier molecular flexibility index (Phi) is 5.94. The van der Waals surface area contributed by atoms with Crippen molar-refractivity contribution in [1.82, 2.24) is 15.2 Å². The highest BCUT2D eigenvalue weighted by atomic mass is 35.5. The minimum atomic E-state index is -0.224. The number of halogens is 1. The zero-order chi connectivity index (χ0) is 14.4. The van der Waals surface area contributed by atoms with Crippen LogP contribution in [0.15, 0.2) is 12.1 Å². The van der Waals surface area contributed by atoms with Crippen molar-refractivity contribution in [3.63, 3.8) is 0 Å². The maximum atomic E-state index is 12.1. The van der Waals surface area contributed by atoms with Crippen molar-refractivity contribution in [1.29, 1.82) is 0 Å². The molecule has 1 aromatic rings. The fourth-order valence-electron chi connectivity index (χ4n) is 1.98. The molecule has 2 heterocycles. The zero-order valence-electron chi connectivity index (χ0n) is 11.5. The predicted molar refractivity (Wildman–Crippen MR) is 84.9 cm³/mol. The van der Waals surface area contributed by atoms with Crippen LogP contribution in [0.2, 0.25) is 5.02 Å². The molecule has 1 aliphatic heterocycles. The molecule has 1 aliphatic rings. The van der Waals surface area contributed by atoms with Gasteiger partial charge >= 0.3 is 0 Å². The van der Waals surface area contributed by atoms with Crippen LogP contribution in [0.1, 0.15) is 10.5 Å². The maximum Gasteiger partial charge on any atom is 0.271 e. The number of hydrogen-bond acceptors (Lipinski definition) is 5. The quantitative estimate of drug-likeness (QED) is 0.864. The summed E-state index contributed by atoms with van der Waals surface area (Å²) < 4.78 is 0. The molecule has 20 heavy (non-hydrogen) atoms. The Morgan fingerprint density at radius 3 is 2.90 bits per heavy atom. The second-order valence-electron chi connectivity index (χ2n) is 4.49. The summed E-state index contributed by atoms with van der Waals surface area (Å²) in [7, 11) is 1.76. The summed E-state index contributed by atoms with van der Waals surface area (Å²) in [4.78, 5) is 18.6. The Labute approximate surface area is 128 Å². The lowest BCUT2D eigenvalue weighted by Crippen LogP contribution is -2.39. The van der Waals surface area contributed by atoms with E-state index in [0.717, 1.165) is 19.6 Å². The highest BCUT2D eigenvalue weighted by molar-refractivity contribution is 7.99. The maximum absolute atomic E-state index is 12.1. The first-order chi connectivity index (χ1) is 9.70. The van der Waals surface area contributed by atoms with Crippen LogP contribution in [0.3, 0.4) is 0 Å². The number of aromatic nitrogens is 1. The first-order valence-corrected chi connectivity index (χ1v) is 8.16. The van der Waals surface area contributed by atoms with Crippen LogP contribution in [0.25, 0.3) is 0 Å². The number of anilines is 1. The SMILES string of the molecule is CNc1ccc(Cl)c(C(=O)NCCN2CCSCC2)n1. The molecule has 0 atom stereocenters. The van der Waals surface area contributed by atoms with Crippen LogP contribution in [-0.2, 0) is 0 Å². The summed E-state index contributed by atoms with van der Waals surface area (Å²) in [5.74, 6) is 2.75. The van der Waals surface area contributed by atoms with Crippen molar-refractivity contribution in [2.24, 2.45) is 0 Å². The van der Waals surface area contributed by atoms with Gasteiger partial charge in [0.1, 0.15) is 11.5 Å². The number of hydrogen-bond donors (Lipinski definition) is 2. The van der Waals surface area contributed by atoms with E-state index in [1.807, 2.05) is 11.8 Å². The van der Waals surface area contributed by atoms with Crippen molar-refractivity contribution in [2.45, 2.75) is 0 Å². The number of pyridine rings is 1. The van der Waals surface area contributed by atoms with Gasteiger partial charge in [0.2, 0.25) is 0 Å². The van der Waals surface area contributed by atoms with E-state index in [-0.39, 0.29) is 11.6 Å². The van der Waals surface area contributed by atoms with Gasteiger partial charge < -0.3 is 10.6 Å². The molecular weight excluding hydrogens is 296 g/mol. The minimum absolute atomic E-state index is 0.224. The fraction of sp³-hybridized carbons (Fsp3) is 0.538. The Hall–Kier alpha value is -0.980. The van der Waals surface area contributed by atoms with Gasteiger partial charge in [-0.1, -0.05) is 11.6 Å². The van der Waals surface area contributed by atoms with Gasteiger partial charge in [0, 0.05) is 44.7 Å². The molecule has 1 saturated heterocycles. The minimum Gasteiger partial charge on any atom is -0.373 e. The fourth-order valence-corrected chi connectivity index (χ4v) is 3.15. The number of nitrogens with zero attached hydrogens (tertiary/aromatic N) is 2. The van der Waals surface area contributed by atoms with Crippen LogP contribution in [-0.4, -0.2) is 60.5 Å². The van der Waals surface area contributed by atoms with Crippen molar-refractivity contribution < 1.29 is 4.79 Å². The molecule has 0 unspecified atom stereocenters. The molecule has 110 valence electrons. The van der Waals surface area contributed by atoms with Crippen LogP contribution in [0.5, 0.6) is 0 Å². The lowest BCUT2D eigenvalue weighted by atomic mass is 10.3. The third kappa shape index (κ3) is 4.26. The Morgan fingerprint density at radius 1 is 1.45 bits per heavy atom. The predicted octanol–water partition coefficient (Wildman–Crippen LogP) is 1.56. The largest absolute Gasteiger partial charge is 0.373 e. The molecule has 0 radical (unpaired) electrons. The van der Waals surface area contributed by atoms with Crippen LogP contribution < -0.4 is 10.6 Å². The number of thioether (sulfide) groups is 1. The molecule has 0 saturated carbocycles.